The van der Waals surface area contributed by atoms with E-state index >= 15 is 9.13 Å². The number of aliphatic imine (C=N–C) groups is 6. The van der Waals surface area contributed by atoms with Crippen molar-refractivity contribution in [3.05, 3.63) is 312 Å². The number of nitrogens with zero attached hydrogens (tertiary/aromatic N) is 6. The zero-order valence-electron chi connectivity index (χ0n) is 56.9. The van der Waals surface area contributed by atoms with Crippen LogP contribution in [0.4, 0.5) is 34.1 Å². The van der Waals surface area contributed by atoms with Crippen LogP contribution in [-0.2, 0) is 27.4 Å². The Morgan fingerprint density at radius 2 is 0.384 bits per heavy atom. The van der Waals surface area contributed by atoms with Gasteiger partial charge in [-0.05, 0) is 167 Å². The Kier molecular flexibility index (Phi) is 27.2. The quantitative estimate of drug-likeness (QED) is 0.0280. The highest BCUT2D eigenvalue weighted by Gasteiger charge is 2.35. The SMILES string of the molecule is O=P(Cl)(Cl)Oc1cccc(N=Cc2cccc(OP(=O)(Oc3cccc(C=Nc4cccc(OP(=O)(Cl)Cl)c4)c3)Oc3cccc(C=Nc4cccc5c(N=Cc6cccc(OP(=O)(Oc7cccc(C=Nc8cccc(OP(=O)(Cl)Cl)c8)c7)Oc7cccc(C=Nc8cccc(OP(=O)(Cl)Cl)c8)c7)c6)cccc45)c3)c2)c1. The number of phosphoric ester groups is 2. The first-order chi connectivity index (χ1) is 53.5. The fourth-order valence-electron chi connectivity index (χ4n) is 10.2. The smallest absolute Gasteiger partial charge is 0.422 e. The predicted octanol–water partition coefficient (Wildman–Crippen LogP) is 28.5. The summed E-state index contributed by atoms with van der Waals surface area (Å²) in [4.78, 5) is 27.7. The molecule has 0 atom stereocenters. The molecule has 568 valence electrons. The molecule has 0 heterocycles. The minimum absolute atomic E-state index is 0.0712. The molecule has 0 unspecified atom stereocenters. The van der Waals surface area contributed by atoms with Crippen molar-refractivity contribution in [1.29, 1.82) is 0 Å². The second kappa shape index (κ2) is 37.1. The molecule has 22 nitrogen and oxygen atoms in total. The van der Waals surface area contributed by atoms with Gasteiger partial charge in [0, 0.05) is 162 Å². The number of halogens is 8. The molecular formula is C76H52Cl8N6O16P6. The van der Waals surface area contributed by atoms with Crippen molar-refractivity contribution in [1.82, 2.24) is 0 Å². The van der Waals surface area contributed by atoms with Gasteiger partial charge < -0.3 is 45.2 Å². The topological polar surface area (TPSA) is 269 Å². The summed E-state index contributed by atoms with van der Waals surface area (Å²) in [5.74, 6) is 0.965. The van der Waals surface area contributed by atoms with E-state index in [0.717, 1.165) is 10.8 Å². The number of hydrogen-bond acceptors (Lipinski definition) is 22. The first-order valence-corrected chi connectivity index (χ1v) is 49.0. The summed E-state index contributed by atoms with van der Waals surface area (Å²) >= 11 is 45.1. The van der Waals surface area contributed by atoms with Gasteiger partial charge in [0.1, 0.15) is 57.5 Å². The summed E-state index contributed by atoms with van der Waals surface area (Å²) in [7, 11) is -9.43. The van der Waals surface area contributed by atoms with Crippen molar-refractivity contribution < 1.29 is 72.6 Å². The molecule has 0 aliphatic heterocycles. The van der Waals surface area contributed by atoms with Crippen molar-refractivity contribution in [3.8, 4) is 57.5 Å². The minimum Gasteiger partial charge on any atom is -0.422 e. The van der Waals surface area contributed by atoms with Gasteiger partial charge in [-0.15, -0.1) is 0 Å². The van der Waals surface area contributed by atoms with E-state index in [9.17, 15) is 18.3 Å². The Morgan fingerprint density at radius 3 is 0.589 bits per heavy atom. The molecule has 0 radical (unpaired) electrons. The highest BCUT2D eigenvalue weighted by atomic mass is 35.9. The van der Waals surface area contributed by atoms with Crippen LogP contribution in [0.25, 0.3) is 10.8 Å². The molecule has 12 aromatic rings. The number of phosphoric acid groups is 2. The molecule has 12 rings (SSSR count). The zero-order chi connectivity index (χ0) is 78.9. The molecule has 0 N–H and O–H groups in total. The van der Waals surface area contributed by atoms with Crippen LogP contribution in [0.1, 0.15) is 33.4 Å². The summed E-state index contributed by atoms with van der Waals surface area (Å²) in [6.07, 6.45) is -6.37. The largest absolute Gasteiger partial charge is 0.647 e. The van der Waals surface area contributed by atoms with Crippen molar-refractivity contribution in [2.45, 2.75) is 0 Å². The van der Waals surface area contributed by atoms with E-state index < -0.39 is 39.9 Å². The van der Waals surface area contributed by atoms with Crippen LogP contribution in [0.2, 0.25) is 0 Å². The van der Waals surface area contributed by atoms with Crippen LogP contribution in [0.15, 0.2) is 309 Å². The molecule has 0 aliphatic rings. The Bertz CT molecular complexity index is 5370. The van der Waals surface area contributed by atoms with Gasteiger partial charge in [0.2, 0.25) is 0 Å². The highest BCUT2D eigenvalue weighted by molar-refractivity contribution is 8.06. The van der Waals surface area contributed by atoms with Crippen LogP contribution in [0.3, 0.4) is 0 Å². The summed E-state index contributed by atoms with van der Waals surface area (Å²) in [6, 6.07) is 75.5. The van der Waals surface area contributed by atoms with E-state index in [1.165, 1.54) is 73.4 Å². The third-order valence-corrected chi connectivity index (χ3v) is 20.6. The number of benzene rings is 12. The maximum atomic E-state index is 15.2. The zero-order valence-corrected chi connectivity index (χ0v) is 68.4. The van der Waals surface area contributed by atoms with Crippen molar-refractivity contribution in [2.24, 2.45) is 30.0 Å². The molecule has 36 heteroatoms. The van der Waals surface area contributed by atoms with E-state index in [1.54, 1.807) is 207 Å². The van der Waals surface area contributed by atoms with Crippen LogP contribution in [-0.4, -0.2) is 37.3 Å². The van der Waals surface area contributed by atoms with Gasteiger partial charge >= 0.3 is 39.9 Å². The van der Waals surface area contributed by atoms with Crippen molar-refractivity contribution >= 4 is 212 Å². The third kappa shape index (κ3) is 26.4. The second-order valence-corrected chi connectivity index (χ2v) is 42.8. The van der Waals surface area contributed by atoms with Gasteiger partial charge in [0.05, 0.1) is 34.1 Å². The summed E-state index contributed by atoms with van der Waals surface area (Å²) in [5, 5.41) is 1.48. The summed E-state index contributed by atoms with van der Waals surface area (Å²) < 4.78 is 136. The summed E-state index contributed by atoms with van der Waals surface area (Å²) in [6.45, 7) is 0. The maximum absolute atomic E-state index is 15.2. The molecular weight excluding hydrogens is 1720 g/mol. The number of rotatable bonds is 32. The first kappa shape index (κ1) is 82.1. The Labute approximate surface area is 679 Å². The summed E-state index contributed by atoms with van der Waals surface area (Å²) in [5.41, 5.74) is 5.86. The highest BCUT2D eigenvalue weighted by Crippen LogP contribution is 2.60. The lowest BCUT2D eigenvalue weighted by Gasteiger charge is -2.20. The third-order valence-electron chi connectivity index (χ3n) is 14.6. The monoisotopic (exact) mass is 1770 g/mol. The molecule has 0 spiro atoms. The van der Waals surface area contributed by atoms with Crippen LogP contribution in [0.5, 0.6) is 57.5 Å². The standard InChI is InChI=1S/C76H52Cl8N6O16P6/c77-107(78,91)97-69-29-7-19-59(43-69)85-47-53-13-1-23-63(37-53)101-111(95,102-64-24-2-14-54(38-64)48-86-60-20-8-30-70(44-60)98-108(79,80)92)105-67-27-5-17-57(41-67)51-89-75-35-11-34-74-73(75)33-12-36-76(74)90-52-58-18-6-28-68(42-58)106-112(96,103-65-25-3-15-55(39-65)49-87-61-21-9-31-71(45-61)99-109(81,82)93)104-66-26-4-16-56(40-66)50-88-62-22-10-32-72(46-62)100-110(83,84)94/h1-52H. The molecule has 0 fully saturated rings. The van der Waals surface area contributed by atoms with Gasteiger partial charge in [-0.2, -0.15) is 9.13 Å². The molecule has 12 aromatic carbocycles. The Hall–Kier alpha value is -9.38. The van der Waals surface area contributed by atoms with Crippen LogP contribution < -0.4 is 45.2 Å². The number of hydrogen-bond donors (Lipinski definition) is 0. The van der Waals surface area contributed by atoms with E-state index in [4.69, 9.17) is 145 Å². The van der Waals surface area contributed by atoms with Gasteiger partial charge in [-0.3, -0.25) is 30.0 Å². The molecule has 112 heavy (non-hydrogen) atoms. The van der Waals surface area contributed by atoms with Crippen LogP contribution in [0, 0.1) is 0 Å². The van der Waals surface area contributed by atoms with Crippen molar-refractivity contribution in [2.75, 3.05) is 0 Å². The fourth-order valence-corrected chi connectivity index (χ4v) is 16.0. The average molecular weight is 1770 g/mol. The van der Waals surface area contributed by atoms with E-state index in [0.29, 0.717) is 67.5 Å². The molecule has 0 saturated heterocycles. The van der Waals surface area contributed by atoms with E-state index in [2.05, 4.69) is 20.0 Å². The lowest BCUT2D eigenvalue weighted by molar-refractivity contribution is 0.296. The maximum Gasteiger partial charge on any atom is 0.647 e. The Morgan fingerprint density at radius 1 is 0.205 bits per heavy atom. The molecule has 0 amide bonds. The normalized spacial score (nSPS) is 13.3. The number of fused-ring (bicyclic) bond motifs is 1. The molecule has 0 saturated carbocycles. The van der Waals surface area contributed by atoms with Gasteiger partial charge in [-0.25, -0.2) is 18.3 Å². The van der Waals surface area contributed by atoms with E-state index in [-0.39, 0.29) is 57.5 Å². The van der Waals surface area contributed by atoms with Crippen LogP contribution >= 0.6 is 130 Å². The second-order valence-electron chi connectivity index (χ2n) is 23.1. The predicted molar refractivity (Wildman–Crippen MR) is 451 cm³/mol. The van der Waals surface area contributed by atoms with Crippen molar-refractivity contribution in [3.63, 3.8) is 0 Å². The average Bonchev–Trinajstić information content (AvgIpc) is 0.789. The van der Waals surface area contributed by atoms with Gasteiger partial charge in [0.25, 0.3) is 0 Å². The Balaban J connectivity index is 0.781. The first-order valence-electron chi connectivity index (χ1n) is 32.4. The molecule has 0 aliphatic carbocycles. The van der Waals surface area contributed by atoms with Gasteiger partial charge in [-0.1, -0.05) is 121 Å². The van der Waals surface area contributed by atoms with Gasteiger partial charge in [0.15, 0.2) is 0 Å². The molecule has 0 bridgehead atoms. The fraction of sp³-hybridized carbons (Fsp3) is 0. The lowest BCUT2D eigenvalue weighted by Crippen LogP contribution is -2.08. The van der Waals surface area contributed by atoms with E-state index in [1.807, 2.05) is 36.4 Å². The molecule has 0 aromatic heterocycles. The minimum atomic E-state index is -4.71. The lowest BCUT2D eigenvalue weighted by atomic mass is 10.1.